The maximum atomic E-state index is 13.8. The molecule has 1 aliphatic rings. The number of imidazole rings is 1. The van der Waals surface area contributed by atoms with Crippen molar-refractivity contribution in [1.82, 2.24) is 24.0 Å². The summed E-state index contributed by atoms with van der Waals surface area (Å²) in [6.45, 7) is 1.87. The summed E-state index contributed by atoms with van der Waals surface area (Å²) in [5.41, 5.74) is 1.40. The van der Waals surface area contributed by atoms with Crippen molar-refractivity contribution in [3.8, 4) is 0 Å². The second-order valence-electron chi connectivity index (χ2n) is 8.13. The number of benzene rings is 2. The van der Waals surface area contributed by atoms with Crippen molar-refractivity contribution >= 4 is 33.7 Å². The number of halogens is 2. The number of rotatable bonds is 8. The summed E-state index contributed by atoms with van der Waals surface area (Å²) in [5.74, 6) is 0.427. The summed E-state index contributed by atoms with van der Waals surface area (Å²) in [5, 5.41) is 1.07. The van der Waals surface area contributed by atoms with E-state index in [1.807, 2.05) is 12.1 Å². The Morgan fingerprint density at radius 1 is 0.971 bits per heavy atom. The Labute approximate surface area is 199 Å². The minimum atomic E-state index is -2.71. The number of para-hydroxylation sites is 3. The van der Waals surface area contributed by atoms with Gasteiger partial charge < -0.3 is 4.74 Å². The van der Waals surface area contributed by atoms with Crippen molar-refractivity contribution in [2.45, 2.75) is 30.4 Å². The number of thioether (sulfide) groups is 1. The van der Waals surface area contributed by atoms with Gasteiger partial charge in [0.1, 0.15) is 5.82 Å². The number of hydrogen-bond acceptors (Lipinski definition) is 6. The number of fused-ring (bicyclic) bond motifs is 2. The zero-order valence-electron chi connectivity index (χ0n) is 18.6. The summed E-state index contributed by atoms with van der Waals surface area (Å²) in [6.07, 6.45) is 0.781. The molecule has 178 valence electrons. The minimum absolute atomic E-state index is 0.113. The van der Waals surface area contributed by atoms with Crippen LogP contribution >= 0.6 is 11.8 Å². The van der Waals surface area contributed by atoms with Crippen molar-refractivity contribution in [3.63, 3.8) is 0 Å². The summed E-state index contributed by atoms with van der Waals surface area (Å²) < 4.78 is 35.7. The Morgan fingerprint density at radius 3 is 2.50 bits per heavy atom. The van der Waals surface area contributed by atoms with E-state index in [1.165, 1.54) is 11.8 Å². The third kappa shape index (κ3) is 4.70. The standard InChI is InChI=1S/C24H25F2N5O2S/c25-23(26)31-20-9-4-3-8-19(20)27-21(31)16-34-24-28-18-7-2-1-6-17(18)22(32)30(24)11-5-10-29-12-14-33-15-13-29/h1-4,6-9,23H,5,10-16H2. The Hall–Kier alpha value is -2.82. The van der Waals surface area contributed by atoms with Crippen LogP contribution in [0.4, 0.5) is 8.78 Å². The second-order valence-corrected chi connectivity index (χ2v) is 9.07. The molecular weight excluding hydrogens is 460 g/mol. The van der Waals surface area contributed by atoms with Crippen LogP contribution in [-0.2, 0) is 17.0 Å². The Bertz CT molecular complexity index is 1350. The van der Waals surface area contributed by atoms with Gasteiger partial charge in [-0.1, -0.05) is 36.0 Å². The predicted octanol–water partition coefficient (Wildman–Crippen LogP) is 4.16. The topological polar surface area (TPSA) is 65.2 Å². The van der Waals surface area contributed by atoms with Gasteiger partial charge in [-0.05, 0) is 30.7 Å². The van der Waals surface area contributed by atoms with E-state index in [9.17, 15) is 13.6 Å². The van der Waals surface area contributed by atoms with Crippen LogP contribution in [0.1, 0.15) is 18.8 Å². The fourth-order valence-corrected chi connectivity index (χ4v) is 5.23. The molecule has 2 aromatic carbocycles. The first-order valence-corrected chi connectivity index (χ1v) is 12.3. The van der Waals surface area contributed by atoms with E-state index >= 15 is 0 Å². The monoisotopic (exact) mass is 485 g/mol. The van der Waals surface area contributed by atoms with Crippen LogP contribution in [0.15, 0.2) is 58.5 Å². The molecule has 0 radical (unpaired) electrons. The summed E-state index contributed by atoms with van der Waals surface area (Å²) >= 11 is 1.26. The lowest BCUT2D eigenvalue weighted by atomic mass is 10.2. The fraction of sp³-hybridized carbons (Fsp3) is 0.375. The molecule has 3 heterocycles. The maximum Gasteiger partial charge on any atom is 0.320 e. The SMILES string of the molecule is O=c1c2ccccc2nc(SCc2nc3ccccc3n2C(F)F)n1CCCN1CCOCC1. The highest BCUT2D eigenvalue weighted by Crippen LogP contribution is 2.28. The van der Waals surface area contributed by atoms with Crippen LogP contribution in [0.25, 0.3) is 21.9 Å². The molecule has 0 N–H and O–H groups in total. The van der Waals surface area contributed by atoms with Gasteiger partial charge in [0.15, 0.2) is 5.16 Å². The first-order valence-electron chi connectivity index (χ1n) is 11.3. The Balaban J connectivity index is 1.43. The summed E-state index contributed by atoms with van der Waals surface area (Å²) in [4.78, 5) is 24.7. The van der Waals surface area contributed by atoms with Crippen LogP contribution < -0.4 is 5.56 Å². The van der Waals surface area contributed by atoms with Crippen LogP contribution in [0, 0.1) is 0 Å². The molecule has 0 atom stereocenters. The van der Waals surface area contributed by atoms with Crippen molar-refractivity contribution in [2.24, 2.45) is 0 Å². The number of alkyl halides is 2. The van der Waals surface area contributed by atoms with Gasteiger partial charge in [0.2, 0.25) is 0 Å². The molecule has 1 saturated heterocycles. The van der Waals surface area contributed by atoms with Gasteiger partial charge in [-0.2, -0.15) is 8.78 Å². The van der Waals surface area contributed by atoms with Crippen LogP contribution in [0.3, 0.4) is 0 Å². The average Bonchev–Trinajstić information content (AvgIpc) is 3.24. The van der Waals surface area contributed by atoms with Crippen LogP contribution in [-0.4, -0.2) is 56.9 Å². The fourth-order valence-electron chi connectivity index (χ4n) is 4.28. The molecule has 5 rings (SSSR count). The van der Waals surface area contributed by atoms with Crippen molar-refractivity contribution < 1.29 is 13.5 Å². The van der Waals surface area contributed by atoms with E-state index < -0.39 is 6.55 Å². The van der Waals surface area contributed by atoms with Gasteiger partial charge in [-0.15, -0.1) is 0 Å². The van der Waals surface area contributed by atoms with E-state index in [1.54, 1.807) is 41.0 Å². The zero-order valence-corrected chi connectivity index (χ0v) is 19.4. The molecule has 10 heteroatoms. The van der Waals surface area contributed by atoms with E-state index in [0.29, 0.717) is 33.6 Å². The van der Waals surface area contributed by atoms with E-state index in [0.717, 1.165) is 43.8 Å². The molecular formula is C24H25F2N5O2S. The molecule has 0 aliphatic carbocycles. The van der Waals surface area contributed by atoms with Crippen LogP contribution in [0.5, 0.6) is 0 Å². The third-order valence-electron chi connectivity index (χ3n) is 5.98. The Kier molecular flexibility index (Phi) is 6.89. The average molecular weight is 486 g/mol. The number of ether oxygens (including phenoxy) is 1. The number of aromatic nitrogens is 4. The smallest absolute Gasteiger partial charge is 0.320 e. The highest BCUT2D eigenvalue weighted by molar-refractivity contribution is 7.98. The lowest BCUT2D eigenvalue weighted by Gasteiger charge is -2.26. The van der Waals surface area contributed by atoms with Crippen molar-refractivity contribution in [2.75, 3.05) is 32.8 Å². The maximum absolute atomic E-state index is 13.8. The molecule has 0 amide bonds. The van der Waals surface area contributed by atoms with E-state index in [4.69, 9.17) is 9.72 Å². The molecule has 0 unspecified atom stereocenters. The predicted molar refractivity (Wildman–Crippen MR) is 128 cm³/mol. The molecule has 0 bridgehead atoms. The quantitative estimate of drug-likeness (QED) is 0.276. The summed E-state index contributed by atoms with van der Waals surface area (Å²) in [6, 6.07) is 14.1. The van der Waals surface area contributed by atoms with Gasteiger partial charge >= 0.3 is 6.55 Å². The molecule has 0 saturated carbocycles. The van der Waals surface area contributed by atoms with Crippen molar-refractivity contribution in [1.29, 1.82) is 0 Å². The molecule has 2 aromatic heterocycles. The molecule has 1 fully saturated rings. The number of nitrogens with zero attached hydrogens (tertiary/aromatic N) is 5. The lowest BCUT2D eigenvalue weighted by molar-refractivity contribution is 0.0368. The highest BCUT2D eigenvalue weighted by atomic mass is 32.2. The first-order chi connectivity index (χ1) is 16.6. The summed E-state index contributed by atoms with van der Waals surface area (Å²) in [7, 11) is 0. The van der Waals surface area contributed by atoms with Gasteiger partial charge in [0, 0.05) is 26.2 Å². The highest BCUT2D eigenvalue weighted by Gasteiger charge is 2.19. The van der Waals surface area contributed by atoms with Gasteiger partial charge in [0.05, 0.1) is 40.9 Å². The largest absolute Gasteiger partial charge is 0.379 e. The molecule has 1 aliphatic heterocycles. The molecule has 0 spiro atoms. The Morgan fingerprint density at radius 2 is 1.71 bits per heavy atom. The number of hydrogen-bond donors (Lipinski definition) is 0. The third-order valence-corrected chi connectivity index (χ3v) is 6.95. The van der Waals surface area contributed by atoms with Gasteiger partial charge in [-0.3, -0.25) is 18.8 Å². The van der Waals surface area contributed by atoms with E-state index in [-0.39, 0.29) is 17.1 Å². The first kappa shape index (κ1) is 22.9. The molecule has 4 aromatic rings. The number of morpholine rings is 1. The molecule has 7 nitrogen and oxygen atoms in total. The minimum Gasteiger partial charge on any atom is -0.379 e. The second kappa shape index (κ2) is 10.2. The lowest BCUT2D eigenvalue weighted by Crippen LogP contribution is -2.37. The van der Waals surface area contributed by atoms with Crippen molar-refractivity contribution in [3.05, 3.63) is 64.7 Å². The van der Waals surface area contributed by atoms with E-state index in [2.05, 4.69) is 9.88 Å². The van der Waals surface area contributed by atoms with Gasteiger partial charge in [-0.25, -0.2) is 9.97 Å². The van der Waals surface area contributed by atoms with Crippen LogP contribution in [0.2, 0.25) is 0 Å². The normalized spacial score (nSPS) is 15.0. The van der Waals surface area contributed by atoms with Gasteiger partial charge in [0.25, 0.3) is 5.56 Å². The molecule has 34 heavy (non-hydrogen) atoms. The zero-order chi connectivity index (χ0) is 23.5.